The van der Waals surface area contributed by atoms with Crippen molar-refractivity contribution in [3.8, 4) is 0 Å². The van der Waals surface area contributed by atoms with Crippen LogP contribution in [-0.2, 0) is 13.6 Å². The van der Waals surface area contributed by atoms with Gasteiger partial charge in [0.25, 0.3) is 0 Å². The maximum Gasteiger partial charge on any atom is 0.147 e. The lowest BCUT2D eigenvalue weighted by Gasteiger charge is -2.32. The molecule has 2 aliphatic heterocycles. The van der Waals surface area contributed by atoms with Crippen molar-refractivity contribution in [1.82, 2.24) is 29.6 Å². The number of nitrogens with zero attached hydrogens (tertiary/aromatic N) is 7. The van der Waals surface area contributed by atoms with Crippen LogP contribution in [-0.4, -0.2) is 55.8 Å². The van der Waals surface area contributed by atoms with Gasteiger partial charge in [-0.3, -0.25) is 9.88 Å². The topological polar surface area (TPSA) is 63.0 Å². The van der Waals surface area contributed by atoms with Crippen LogP contribution in [0.4, 0.5) is 5.82 Å². The molecule has 0 amide bonds. The van der Waals surface area contributed by atoms with Crippen molar-refractivity contribution >= 4 is 5.82 Å². The minimum Gasteiger partial charge on any atom is -0.355 e. The Morgan fingerprint density at radius 3 is 2.42 bits per heavy atom. The summed E-state index contributed by atoms with van der Waals surface area (Å²) in [5.74, 6) is 3.72. The van der Waals surface area contributed by atoms with Crippen molar-refractivity contribution in [2.45, 2.75) is 51.0 Å². The fourth-order valence-electron chi connectivity index (χ4n) is 4.18. The number of hydrogen-bond donors (Lipinski definition) is 0. The lowest BCUT2D eigenvalue weighted by molar-refractivity contribution is 0.266. The van der Waals surface area contributed by atoms with Gasteiger partial charge in [-0.1, -0.05) is 12.8 Å². The van der Waals surface area contributed by atoms with Gasteiger partial charge in [0.05, 0.1) is 12.7 Å². The first-order chi connectivity index (χ1) is 12.8. The molecular weight excluding hydrogens is 326 g/mol. The molecule has 7 heteroatoms. The normalized spacial score (nSPS) is 20.3. The van der Waals surface area contributed by atoms with Crippen LogP contribution < -0.4 is 4.90 Å². The van der Waals surface area contributed by atoms with E-state index < -0.39 is 0 Å². The first-order valence-electron chi connectivity index (χ1n) is 9.93. The second kappa shape index (κ2) is 8.12. The minimum atomic E-state index is 0.485. The standard InChI is InChI=1S/C19H29N7/c1-24-18(15-25-10-4-2-3-5-11-25)22-23-19(24)16-6-12-26(13-7-16)17-14-20-8-9-21-17/h8-9,14,16H,2-7,10-13,15H2,1H3. The predicted octanol–water partition coefficient (Wildman–Crippen LogP) is 2.37. The van der Waals surface area contributed by atoms with E-state index in [4.69, 9.17) is 0 Å². The van der Waals surface area contributed by atoms with Gasteiger partial charge in [0.1, 0.15) is 17.5 Å². The quantitative estimate of drug-likeness (QED) is 0.839. The number of anilines is 1. The Kier molecular flexibility index (Phi) is 5.43. The van der Waals surface area contributed by atoms with Crippen molar-refractivity contribution < 1.29 is 0 Å². The SMILES string of the molecule is Cn1c(CN2CCCCCC2)nnc1C1CCN(c2cnccn2)CC1. The summed E-state index contributed by atoms with van der Waals surface area (Å²) >= 11 is 0. The lowest BCUT2D eigenvalue weighted by Crippen LogP contribution is -2.34. The third-order valence-electron chi connectivity index (χ3n) is 5.80. The van der Waals surface area contributed by atoms with Crippen molar-refractivity contribution in [1.29, 1.82) is 0 Å². The van der Waals surface area contributed by atoms with E-state index in [-0.39, 0.29) is 0 Å². The van der Waals surface area contributed by atoms with Gasteiger partial charge >= 0.3 is 0 Å². The van der Waals surface area contributed by atoms with Crippen LogP contribution in [0.15, 0.2) is 18.6 Å². The van der Waals surface area contributed by atoms with Gasteiger partial charge in [-0.2, -0.15) is 0 Å². The van der Waals surface area contributed by atoms with Gasteiger partial charge in [0.15, 0.2) is 0 Å². The minimum absolute atomic E-state index is 0.485. The van der Waals surface area contributed by atoms with E-state index in [9.17, 15) is 0 Å². The molecule has 2 aliphatic rings. The van der Waals surface area contributed by atoms with E-state index in [0.717, 1.165) is 49.9 Å². The Morgan fingerprint density at radius 1 is 0.962 bits per heavy atom. The second-order valence-electron chi connectivity index (χ2n) is 7.55. The van der Waals surface area contributed by atoms with Gasteiger partial charge in [-0.25, -0.2) is 4.98 Å². The predicted molar refractivity (Wildman–Crippen MR) is 101 cm³/mol. The molecule has 2 fully saturated rings. The average molecular weight is 355 g/mol. The maximum absolute atomic E-state index is 4.57. The third kappa shape index (κ3) is 3.87. The van der Waals surface area contributed by atoms with Gasteiger partial charge in [0.2, 0.25) is 0 Å². The highest BCUT2D eigenvalue weighted by Gasteiger charge is 2.26. The molecule has 0 spiro atoms. The number of aromatic nitrogens is 5. The van der Waals surface area contributed by atoms with Gasteiger partial charge in [-0.05, 0) is 38.8 Å². The Hall–Kier alpha value is -2.02. The van der Waals surface area contributed by atoms with E-state index >= 15 is 0 Å². The molecule has 7 nitrogen and oxygen atoms in total. The fourth-order valence-corrected chi connectivity index (χ4v) is 4.18. The molecule has 4 heterocycles. The van der Waals surface area contributed by atoms with E-state index in [1.54, 1.807) is 12.4 Å². The average Bonchev–Trinajstić information content (AvgIpc) is 2.88. The van der Waals surface area contributed by atoms with E-state index in [1.807, 2.05) is 6.20 Å². The number of piperidine rings is 1. The molecule has 140 valence electrons. The highest BCUT2D eigenvalue weighted by Crippen LogP contribution is 2.28. The summed E-state index contributed by atoms with van der Waals surface area (Å²) in [5.41, 5.74) is 0. The third-order valence-corrected chi connectivity index (χ3v) is 5.80. The fraction of sp³-hybridized carbons (Fsp3) is 0.684. The van der Waals surface area contributed by atoms with E-state index in [0.29, 0.717) is 5.92 Å². The molecule has 26 heavy (non-hydrogen) atoms. The number of likely N-dealkylation sites (tertiary alicyclic amines) is 1. The summed E-state index contributed by atoms with van der Waals surface area (Å²) in [6.07, 6.45) is 12.9. The van der Waals surface area contributed by atoms with Crippen molar-refractivity contribution in [2.75, 3.05) is 31.1 Å². The number of rotatable bonds is 4. The molecule has 0 saturated carbocycles. The van der Waals surface area contributed by atoms with Crippen LogP contribution in [0.25, 0.3) is 0 Å². The van der Waals surface area contributed by atoms with Crippen molar-refractivity contribution in [3.05, 3.63) is 30.2 Å². The summed E-state index contributed by atoms with van der Waals surface area (Å²) in [5, 5.41) is 9.09. The summed E-state index contributed by atoms with van der Waals surface area (Å²) in [6.45, 7) is 5.31. The molecule has 0 radical (unpaired) electrons. The highest BCUT2D eigenvalue weighted by molar-refractivity contribution is 5.35. The van der Waals surface area contributed by atoms with Gasteiger partial charge < -0.3 is 9.47 Å². The van der Waals surface area contributed by atoms with Crippen LogP contribution in [0.2, 0.25) is 0 Å². The van der Waals surface area contributed by atoms with Crippen LogP contribution in [0.5, 0.6) is 0 Å². The Morgan fingerprint density at radius 2 is 1.73 bits per heavy atom. The summed E-state index contributed by atoms with van der Waals surface area (Å²) in [6, 6.07) is 0. The lowest BCUT2D eigenvalue weighted by atomic mass is 9.96. The first kappa shape index (κ1) is 17.4. The van der Waals surface area contributed by atoms with Crippen LogP contribution in [0.1, 0.15) is 56.1 Å². The van der Waals surface area contributed by atoms with Gasteiger partial charge in [0, 0.05) is 38.4 Å². The molecule has 0 atom stereocenters. The maximum atomic E-state index is 4.57. The molecular formula is C19H29N7. The molecule has 0 aromatic carbocycles. The molecule has 4 rings (SSSR count). The van der Waals surface area contributed by atoms with Crippen molar-refractivity contribution in [3.63, 3.8) is 0 Å². The molecule has 2 aromatic rings. The van der Waals surface area contributed by atoms with E-state index in [2.05, 4.69) is 41.6 Å². The van der Waals surface area contributed by atoms with Crippen LogP contribution in [0, 0.1) is 0 Å². The van der Waals surface area contributed by atoms with E-state index in [1.165, 1.54) is 38.8 Å². The van der Waals surface area contributed by atoms with Gasteiger partial charge in [-0.15, -0.1) is 10.2 Å². The smallest absolute Gasteiger partial charge is 0.147 e. The Labute approximate surface area is 155 Å². The largest absolute Gasteiger partial charge is 0.355 e. The zero-order valence-corrected chi connectivity index (χ0v) is 15.7. The summed E-state index contributed by atoms with van der Waals surface area (Å²) < 4.78 is 2.24. The molecule has 2 saturated heterocycles. The Bertz CT molecular complexity index is 683. The highest BCUT2D eigenvalue weighted by atomic mass is 15.3. The summed E-state index contributed by atoms with van der Waals surface area (Å²) in [7, 11) is 2.14. The van der Waals surface area contributed by atoms with Crippen LogP contribution >= 0.6 is 0 Å². The van der Waals surface area contributed by atoms with Crippen LogP contribution in [0.3, 0.4) is 0 Å². The molecule has 0 bridgehead atoms. The first-order valence-corrected chi connectivity index (χ1v) is 9.93. The summed E-state index contributed by atoms with van der Waals surface area (Å²) in [4.78, 5) is 13.5. The zero-order chi connectivity index (χ0) is 17.8. The number of hydrogen-bond acceptors (Lipinski definition) is 6. The second-order valence-corrected chi connectivity index (χ2v) is 7.55. The molecule has 0 unspecified atom stereocenters. The Balaban J connectivity index is 1.37. The molecule has 0 aliphatic carbocycles. The zero-order valence-electron chi connectivity index (χ0n) is 15.7. The molecule has 0 N–H and O–H groups in total. The van der Waals surface area contributed by atoms with Crippen molar-refractivity contribution in [2.24, 2.45) is 7.05 Å². The molecule has 2 aromatic heterocycles. The monoisotopic (exact) mass is 355 g/mol.